The van der Waals surface area contributed by atoms with Gasteiger partial charge in [-0.2, -0.15) is 0 Å². The lowest BCUT2D eigenvalue weighted by Crippen LogP contribution is -1.95. The van der Waals surface area contributed by atoms with Gasteiger partial charge >= 0.3 is 0 Å². The summed E-state index contributed by atoms with van der Waals surface area (Å²) in [5, 5.41) is 9.70. The average molecular weight is 253 g/mol. The highest BCUT2D eigenvalue weighted by atomic mass is 16.3. The van der Waals surface area contributed by atoms with Gasteiger partial charge in [-0.15, -0.1) is 0 Å². The van der Waals surface area contributed by atoms with Crippen LogP contribution < -0.4 is 0 Å². The molecule has 2 heteroatoms. The van der Waals surface area contributed by atoms with E-state index in [-0.39, 0.29) is 11.8 Å². The molecule has 0 aliphatic carbocycles. The molecule has 0 amide bonds. The van der Waals surface area contributed by atoms with Crippen molar-refractivity contribution in [3.8, 4) is 5.75 Å². The first kappa shape index (κ1) is 13.3. The number of phenols is 1. The molecule has 0 aromatic heterocycles. The van der Waals surface area contributed by atoms with Crippen LogP contribution in [-0.2, 0) is 0 Å². The Morgan fingerprint density at radius 2 is 1.84 bits per heavy atom. The minimum atomic E-state index is 0.0829. The van der Waals surface area contributed by atoms with E-state index in [2.05, 4.69) is 44.0 Å². The highest BCUT2D eigenvalue weighted by Gasteiger charge is 2.06. The fourth-order valence-electron chi connectivity index (χ4n) is 2.08. The van der Waals surface area contributed by atoms with E-state index in [0.717, 1.165) is 5.56 Å². The van der Waals surface area contributed by atoms with E-state index in [4.69, 9.17) is 0 Å². The Labute approximate surface area is 114 Å². The zero-order chi connectivity index (χ0) is 13.8. The molecule has 2 nitrogen and oxygen atoms in total. The molecule has 98 valence electrons. The van der Waals surface area contributed by atoms with Gasteiger partial charge in [0.05, 0.1) is 6.04 Å². The van der Waals surface area contributed by atoms with Crippen molar-refractivity contribution >= 4 is 6.21 Å². The second-order valence-electron chi connectivity index (χ2n) is 4.87. The Balaban J connectivity index is 2.24. The zero-order valence-electron chi connectivity index (χ0n) is 11.6. The Kier molecular flexibility index (Phi) is 4.00. The molecule has 19 heavy (non-hydrogen) atoms. The summed E-state index contributed by atoms with van der Waals surface area (Å²) in [5.74, 6) is 0.263. The maximum absolute atomic E-state index is 9.70. The Hall–Kier alpha value is -2.09. The third-order valence-electron chi connectivity index (χ3n) is 3.26. The van der Waals surface area contributed by atoms with Crippen LogP contribution in [0.15, 0.2) is 47.5 Å². The Morgan fingerprint density at radius 3 is 2.58 bits per heavy atom. The minimum absolute atomic E-state index is 0.0829. The Bertz CT molecular complexity index is 602. The van der Waals surface area contributed by atoms with Gasteiger partial charge in [-0.3, -0.25) is 4.99 Å². The van der Waals surface area contributed by atoms with E-state index in [9.17, 15) is 5.11 Å². The second-order valence-corrected chi connectivity index (χ2v) is 4.87. The number of aliphatic imine (C=N–C) groups is 1. The number of rotatable bonds is 3. The Morgan fingerprint density at radius 1 is 1.11 bits per heavy atom. The molecule has 1 N–H and O–H groups in total. The largest absolute Gasteiger partial charge is 0.507 e. The lowest BCUT2D eigenvalue weighted by Gasteiger charge is -2.11. The summed E-state index contributed by atoms with van der Waals surface area (Å²) >= 11 is 0. The predicted octanol–water partition coefficient (Wildman–Crippen LogP) is 4.19. The normalized spacial score (nSPS) is 12.8. The van der Waals surface area contributed by atoms with E-state index in [1.165, 1.54) is 16.7 Å². The highest BCUT2D eigenvalue weighted by Crippen LogP contribution is 2.22. The van der Waals surface area contributed by atoms with Crippen molar-refractivity contribution in [1.82, 2.24) is 0 Å². The summed E-state index contributed by atoms with van der Waals surface area (Å²) in [6.45, 7) is 6.25. The van der Waals surface area contributed by atoms with Crippen molar-refractivity contribution in [2.45, 2.75) is 26.8 Å². The molecule has 0 spiro atoms. The topological polar surface area (TPSA) is 32.6 Å². The molecule has 0 saturated carbocycles. The van der Waals surface area contributed by atoms with Gasteiger partial charge in [-0.25, -0.2) is 0 Å². The van der Waals surface area contributed by atoms with Crippen molar-refractivity contribution in [1.29, 1.82) is 0 Å². The van der Waals surface area contributed by atoms with Crippen LogP contribution >= 0.6 is 0 Å². The number of phenolic OH excluding ortho intramolecular Hbond substituents is 1. The molecule has 0 aliphatic heterocycles. The van der Waals surface area contributed by atoms with Gasteiger partial charge in [0.25, 0.3) is 0 Å². The highest BCUT2D eigenvalue weighted by molar-refractivity contribution is 5.83. The van der Waals surface area contributed by atoms with Crippen molar-refractivity contribution < 1.29 is 5.11 Å². The van der Waals surface area contributed by atoms with Gasteiger partial charge < -0.3 is 5.11 Å². The molecule has 0 bridgehead atoms. The quantitative estimate of drug-likeness (QED) is 0.817. The van der Waals surface area contributed by atoms with Gasteiger partial charge in [0, 0.05) is 11.8 Å². The number of aryl methyl sites for hydroxylation is 2. The molecule has 2 aromatic rings. The van der Waals surface area contributed by atoms with E-state index >= 15 is 0 Å². The van der Waals surface area contributed by atoms with E-state index in [1.807, 2.05) is 12.1 Å². The summed E-state index contributed by atoms with van der Waals surface area (Å²) < 4.78 is 0. The van der Waals surface area contributed by atoms with Gasteiger partial charge in [-0.1, -0.05) is 35.9 Å². The summed E-state index contributed by atoms with van der Waals surface area (Å²) in [5.41, 5.74) is 4.46. The summed E-state index contributed by atoms with van der Waals surface area (Å²) in [6, 6.07) is 13.7. The number of hydrogen-bond acceptors (Lipinski definition) is 2. The van der Waals surface area contributed by atoms with Crippen molar-refractivity contribution in [3.63, 3.8) is 0 Å². The van der Waals surface area contributed by atoms with Gasteiger partial charge in [0.15, 0.2) is 0 Å². The van der Waals surface area contributed by atoms with Crippen LogP contribution in [0.25, 0.3) is 0 Å². The number of hydrogen-bond donors (Lipinski definition) is 1. The number of aromatic hydroxyl groups is 1. The number of nitrogens with zero attached hydrogens (tertiary/aromatic N) is 1. The number of para-hydroxylation sites is 1. The van der Waals surface area contributed by atoms with E-state index < -0.39 is 0 Å². The molecule has 0 unspecified atom stereocenters. The fraction of sp³-hybridized carbons (Fsp3) is 0.235. The maximum Gasteiger partial charge on any atom is 0.124 e. The lowest BCUT2D eigenvalue weighted by atomic mass is 10.0. The van der Waals surface area contributed by atoms with Crippen LogP contribution in [0.1, 0.15) is 35.2 Å². The van der Waals surface area contributed by atoms with Crippen molar-refractivity contribution in [2.75, 3.05) is 0 Å². The third-order valence-corrected chi connectivity index (χ3v) is 3.26. The monoisotopic (exact) mass is 253 g/mol. The second kappa shape index (κ2) is 5.70. The minimum Gasteiger partial charge on any atom is -0.507 e. The first-order chi connectivity index (χ1) is 9.08. The summed E-state index contributed by atoms with van der Waals surface area (Å²) in [6.07, 6.45) is 1.74. The van der Waals surface area contributed by atoms with Crippen molar-refractivity contribution in [2.24, 2.45) is 4.99 Å². The lowest BCUT2D eigenvalue weighted by molar-refractivity contribution is 0.474. The van der Waals surface area contributed by atoms with Crippen LogP contribution in [0, 0.1) is 13.8 Å². The van der Waals surface area contributed by atoms with E-state index in [1.54, 1.807) is 18.3 Å². The molecule has 0 fully saturated rings. The van der Waals surface area contributed by atoms with Gasteiger partial charge in [0.2, 0.25) is 0 Å². The smallest absolute Gasteiger partial charge is 0.124 e. The first-order valence-corrected chi connectivity index (χ1v) is 6.46. The molecular formula is C17H19NO. The molecular weight excluding hydrogens is 234 g/mol. The number of benzene rings is 2. The SMILES string of the molecule is Cc1ccc(C)c([C@H](C)N=Cc2ccccc2O)c1. The average Bonchev–Trinajstić information content (AvgIpc) is 2.40. The summed E-state index contributed by atoms with van der Waals surface area (Å²) in [7, 11) is 0. The van der Waals surface area contributed by atoms with Crippen LogP contribution in [0.3, 0.4) is 0 Å². The maximum atomic E-state index is 9.70. The zero-order valence-corrected chi connectivity index (χ0v) is 11.6. The predicted molar refractivity (Wildman–Crippen MR) is 80.0 cm³/mol. The molecule has 1 atom stereocenters. The molecule has 2 aromatic carbocycles. The molecule has 0 heterocycles. The van der Waals surface area contributed by atoms with Crippen LogP contribution in [0.2, 0.25) is 0 Å². The third kappa shape index (κ3) is 3.22. The van der Waals surface area contributed by atoms with Gasteiger partial charge in [0.1, 0.15) is 5.75 Å². The molecule has 0 aliphatic rings. The molecule has 2 rings (SSSR count). The van der Waals surface area contributed by atoms with Gasteiger partial charge in [-0.05, 0) is 44.0 Å². The van der Waals surface area contributed by atoms with Crippen LogP contribution in [0.4, 0.5) is 0 Å². The standard InChI is InChI=1S/C17H19NO/c1-12-8-9-13(2)16(10-12)14(3)18-11-15-6-4-5-7-17(15)19/h4-11,14,19H,1-3H3/t14-/m0/s1. The molecule has 0 saturated heterocycles. The van der Waals surface area contributed by atoms with Crippen molar-refractivity contribution in [3.05, 3.63) is 64.7 Å². The molecule has 0 radical (unpaired) electrons. The van der Waals surface area contributed by atoms with E-state index in [0.29, 0.717) is 0 Å². The summed E-state index contributed by atoms with van der Waals surface area (Å²) in [4.78, 5) is 4.54. The first-order valence-electron chi connectivity index (χ1n) is 6.46. The van der Waals surface area contributed by atoms with Crippen LogP contribution in [0.5, 0.6) is 5.75 Å². The fourth-order valence-corrected chi connectivity index (χ4v) is 2.08. The van der Waals surface area contributed by atoms with Crippen LogP contribution in [-0.4, -0.2) is 11.3 Å².